The van der Waals surface area contributed by atoms with Crippen LogP contribution in [0.25, 0.3) is 0 Å². The van der Waals surface area contributed by atoms with Crippen molar-refractivity contribution in [3.05, 3.63) is 57.3 Å². The van der Waals surface area contributed by atoms with Crippen LogP contribution in [0.5, 0.6) is 0 Å². The van der Waals surface area contributed by atoms with Gasteiger partial charge in [0.1, 0.15) is 0 Å². The van der Waals surface area contributed by atoms with Crippen LogP contribution in [0.3, 0.4) is 0 Å². The highest BCUT2D eigenvalue weighted by Crippen LogP contribution is 2.18. The normalized spacial score (nSPS) is 10.5. The SMILES string of the molecule is Cc1cccc(CCC(=O)c2sccc2C)c1. The number of hydrogen-bond donors (Lipinski definition) is 0. The summed E-state index contributed by atoms with van der Waals surface area (Å²) < 4.78 is 0. The van der Waals surface area contributed by atoms with E-state index < -0.39 is 0 Å². The minimum atomic E-state index is 0.263. The molecule has 17 heavy (non-hydrogen) atoms. The summed E-state index contributed by atoms with van der Waals surface area (Å²) in [5.74, 6) is 0.263. The molecule has 0 radical (unpaired) electrons. The highest BCUT2D eigenvalue weighted by Gasteiger charge is 2.10. The highest BCUT2D eigenvalue weighted by molar-refractivity contribution is 7.12. The first-order valence-corrected chi connectivity index (χ1v) is 6.67. The standard InChI is InChI=1S/C15H16OS/c1-11-4-3-5-13(10-11)6-7-14(16)15-12(2)8-9-17-15/h3-5,8-10H,6-7H2,1-2H3. The number of thiophene rings is 1. The van der Waals surface area contributed by atoms with E-state index >= 15 is 0 Å². The second kappa shape index (κ2) is 5.28. The molecule has 0 N–H and O–H groups in total. The van der Waals surface area contributed by atoms with E-state index in [0.717, 1.165) is 16.9 Å². The van der Waals surface area contributed by atoms with Gasteiger partial charge in [0.25, 0.3) is 0 Å². The lowest BCUT2D eigenvalue weighted by Crippen LogP contribution is -2.00. The smallest absolute Gasteiger partial charge is 0.173 e. The molecule has 0 saturated carbocycles. The van der Waals surface area contributed by atoms with Crippen LogP contribution in [0.15, 0.2) is 35.7 Å². The zero-order valence-electron chi connectivity index (χ0n) is 10.2. The van der Waals surface area contributed by atoms with E-state index in [1.165, 1.54) is 11.1 Å². The fraction of sp³-hybridized carbons (Fsp3) is 0.267. The molecule has 0 aliphatic heterocycles. The molecule has 0 spiro atoms. The van der Waals surface area contributed by atoms with Crippen LogP contribution < -0.4 is 0 Å². The van der Waals surface area contributed by atoms with E-state index in [1.54, 1.807) is 11.3 Å². The van der Waals surface area contributed by atoms with Gasteiger partial charge in [-0.05, 0) is 42.8 Å². The monoisotopic (exact) mass is 244 g/mol. The number of hydrogen-bond acceptors (Lipinski definition) is 2. The van der Waals surface area contributed by atoms with Crippen LogP contribution >= 0.6 is 11.3 Å². The molecule has 0 saturated heterocycles. The van der Waals surface area contributed by atoms with Gasteiger partial charge in [0.2, 0.25) is 0 Å². The van der Waals surface area contributed by atoms with Crippen molar-refractivity contribution in [2.45, 2.75) is 26.7 Å². The number of rotatable bonds is 4. The molecule has 0 unspecified atom stereocenters. The molecule has 0 atom stereocenters. The summed E-state index contributed by atoms with van der Waals surface area (Å²) in [4.78, 5) is 12.9. The Labute approximate surface area is 106 Å². The van der Waals surface area contributed by atoms with Crippen LogP contribution in [0.2, 0.25) is 0 Å². The van der Waals surface area contributed by atoms with Gasteiger partial charge in [-0.15, -0.1) is 11.3 Å². The molecule has 1 aromatic heterocycles. The first-order chi connectivity index (χ1) is 8.16. The molecule has 0 fully saturated rings. The fourth-order valence-corrected chi connectivity index (χ4v) is 2.79. The summed E-state index contributed by atoms with van der Waals surface area (Å²) >= 11 is 1.55. The third kappa shape index (κ3) is 3.04. The summed E-state index contributed by atoms with van der Waals surface area (Å²) in [6.07, 6.45) is 1.43. The van der Waals surface area contributed by atoms with Gasteiger partial charge < -0.3 is 0 Å². The molecule has 0 bridgehead atoms. The van der Waals surface area contributed by atoms with Crippen molar-refractivity contribution in [1.82, 2.24) is 0 Å². The van der Waals surface area contributed by atoms with Crippen molar-refractivity contribution in [2.75, 3.05) is 0 Å². The number of Topliss-reactive ketones (excluding diaryl/α,β-unsaturated/α-hetero) is 1. The molecule has 0 amide bonds. The van der Waals surface area contributed by atoms with Gasteiger partial charge in [-0.2, -0.15) is 0 Å². The number of carbonyl (C=O) groups is 1. The molecule has 2 rings (SSSR count). The van der Waals surface area contributed by atoms with E-state index in [4.69, 9.17) is 0 Å². The third-order valence-electron chi connectivity index (χ3n) is 2.84. The summed E-state index contributed by atoms with van der Waals surface area (Å²) in [7, 11) is 0. The number of ketones is 1. The van der Waals surface area contributed by atoms with Crippen molar-refractivity contribution in [1.29, 1.82) is 0 Å². The predicted molar refractivity (Wildman–Crippen MR) is 72.9 cm³/mol. The summed E-state index contributed by atoms with van der Waals surface area (Å²) in [6, 6.07) is 10.4. The molecule has 2 heteroatoms. The molecule has 1 nitrogen and oxygen atoms in total. The van der Waals surface area contributed by atoms with Crippen LogP contribution in [0, 0.1) is 13.8 Å². The van der Waals surface area contributed by atoms with Gasteiger partial charge in [0.05, 0.1) is 4.88 Å². The quantitative estimate of drug-likeness (QED) is 0.737. The van der Waals surface area contributed by atoms with E-state index in [0.29, 0.717) is 6.42 Å². The van der Waals surface area contributed by atoms with Gasteiger partial charge in [0, 0.05) is 6.42 Å². The lowest BCUT2D eigenvalue weighted by Gasteiger charge is -2.02. The molecule has 2 aromatic rings. The van der Waals surface area contributed by atoms with E-state index in [9.17, 15) is 4.79 Å². The molecular weight excluding hydrogens is 228 g/mol. The Morgan fingerprint density at radius 2 is 2.06 bits per heavy atom. The molecular formula is C15H16OS. The predicted octanol–water partition coefficient (Wildman–Crippen LogP) is 4.18. The lowest BCUT2D eigenvalue weighted by molar-refractivity contribution is 0.0986. The Kier molecular flexibility index (Phi) is 3.75. The summed E-state index contributed by atoms with van der Waals surface area (Å²) in [6.45, 7) is 4.07. The topological polar surface area (TPSA) is 17.1 Å². The lowest BCUT2D eigenvalue weighted by atomic mass is 10.0. The van der Waals surface area contributed by atoms with Crippen molar-refractivity contribution in [3.63, 3.8) is 0 Å². The Bertz CT molecular complexity index is 525. The van der Waals surface area contributed by atoms with Crippen LogP contribution in [0.4, 0.5) is 0 Å². The molecule has 1 aromatic carbocycles. The zero-order chi connectivity index (χ0) is 12.3. The van der Waals surface area contributed by atoms with Gasteiger partial charge in [0.15, 0.2) is 5.78 Å². The third-order valence-corrected chi connectivity index (χ3v) is 3.90. The zero-order valence-corrected chi connectivity index (χ0v) is 11.0. The first-order valence-electron chi connectivity index (χ1n) is 5.79. The molecule has 1 heterocycles. The summed E-state index contributed by atoms with van der Waals surface area (Å²) in [5.41, 5.74) is 3.60. The van der Waals surface area contributed by atoms with E-state index in [2.05, 4.69) is 25.1 Å². The van der Waals surface area contributed by atoms with Crippen molar-refractivity contribution in [2.24, 2.45) is 0 Å². The molecule has 0 aliphatic carbocycles. The number of aryl methyl sites for hydroxylation is 3. The second-order valence-electron chi connectivity index (χ2n) is 4.34. The Balaban J connectivity index is 1.99. The maximum absolute atomic E-state index is 12.0. The molecule has 88 valence electrons. The maximum Gasteiger partial charge on any atom is 0.173 e. The van der Waals surface area contributed by atoms with Crippen LogP contribution in [-0.2, 0) is 6.42 Å². The molecule has 0 aliphatic rings. The first kappa shape index (κ1) is 12.1. The highest BCUT2D eigenvalue weighted by atomic mass is 32.1. The second-order valence-corrected chi connectivity index (χ2v) is 5.26. The van der Waals surface area contributed by atoms with Gasteiger partial charge in [-0.1, -0.05) is 29.8 Å². The van der Waals surface area contributed by atoms with E-state index in [-0.39, 0.29) is 5.78 Å². The van der Waals surface area contributed by atoms with Crippen molar-refractivity contribution in [3.8, 4) is 0 Å². The summed E-state index contributed by atoms with van der Waals surface area (Å²) in [5, 5.41) is 1.98. The number of benzene rings is 1. The number of carbonyl (C=O) groups excluding carboxylic acids is 1. The maximum atomic E-state index is 12.0. The average molecular weight is 244 g/mol. The van der Waals surface area contributed by atoms with E-state index in [1.807, 2.05) is 24.4 Å². The Morgan fingerprint density at radius 3 is 2.71 bits per heavy atom. The minimum absolute atomic E-state index is 0.263. The van der Waals surface area contributed by atoms with Crippen molar-refractivity contribution < 1.29 is 4.79 Å². The van der Waals surface area contributed by atoms with Crippen LogP contribution in [0.1, 0.15) is 32.8 Å². The fourth-order valence-electron chi connectivity index (χ4n) is 1.90. The Hall–Kier alpha value is -1.41. The van der Waals surface area contributed by atoms with Crippen molar-refractivity contribution >= 4 is 17.1 Å². The van der Waals surface area contributed by atoms with Gasteiger partial charge >= 0.3 is 0 Å². The minimum Gasteiger partial charge on any atom is -0.293 e. The van der Waals surface area contributed by atoms with Gasteiger partial charge in [-0.25, -0.2) is 0 Å². The van der Waals surface area contributed by atoms with Crippen LogP contribution in [-0.4, -0.2) is 5.78 Å². The average Bonchev–Trinajstić information content (AvgIpc) is 2.72. The largest absolute Gasteiger partial charge is 0.293 e. The van der Waals surface area contributed by atoms with Gasteiger partial charge in [-0.3, -0.25) is 4.79 Å². The Morgan fingerprint density at radius 1 is 1.24 bits per heavy atom.